The second kappa shape index (κ2) is 7.86. The van der Waals surface area contributed by atoms with Crippen LogP contribution in [0.4, 0.5) is 13.2 Å². The molecule has 1 aliphatic carbocycles. The van der Waals surface area contributed by atoms with Crippen molar-refractivity contribution in [2.24, 2.45) is 5.92 Å². The molecular weight excluding hydrogens is 269 g/mol. The lowest BCUT2D eigenvalue weighted by atomic mass is 9.85. The number of carbonyl (C=O) groups is 1. The van der Waals surface area contributed by atoms with Crippen LogP contribution < -0.4 is 10.6 Å². The van der Waals surface area contributed by atoms with Gasteiger partial charge in [-0.1, -0.05) is 13.3 Å². The Labute approximate surface area is 118 Å². The highest BCUT2D eigenvalue weighted by atomic mass is 19.4. The molecule has 0 bridgehead atoms. The van der Waals surface area contributed by atoms with Crippen LogP contribution in [0.1, 0.15) is 52.4 Å². The molecule has 0 aromatic carbocycles. The molecule has 1 saturated carbocycles. The minimum absolute atomic E-state index is 0.0463. The molecule has 0 spiro atoms. The molecule has 1 amide bonds. The first kappa shape index (κ1) is 17.3. The zero-order valence-corrected chi connectivity index (χ0v) is 12.2. The molecule has 1 aliphatic rings. The van der Waals surface area contributed by atoms with E-state index >= 15 is 0 Å². The average Bonchev–Trinajstić information content (AvgIpc) is 2.38. The Balaban J connectivity index is 2.23. The van der Waals surface area contributed by atoms with Crippen molar-refractivity contribution in [1.29, 1.82) is 0 Å². The highest BCUT2D eigenvalue weighted by Crippen LogP contribution is 2.37. The Morgan fingerprint density at radius 3 is 2.65 bits per heavy atom. The summed E-state index contributed by atoms with van der Waals surface area (Å²) in [5.74, 6) is -1.24. The maximum atomic E-state index is 12.7. The van der Waals surface area contributed by atoms with E-state index in [1.165, 1.54) is 0 Å². The summed E-state index contributed by atoms with van der Waals surface area (Å²) in [5, 5.41) is 5.93. The predicted octanol–water partition coefficient (Wildman–Crippen LogP) is 3.00. The van der Waals surface area contributed by atoms with Gasteiger partial charge in [-0.3, -0.25) is 4.79 Å². The molecule has 3 atom stereocenters. The lowest BCUT2D eigenvalue weighted by Gasteiger charge is -2.31. The SMILES string of the molecule is CCC(C)NC(=O)CCNC1CCCC(C(F)(F)F)C1. The van der Waals surface area contributed by atoms with Crippen LogP contribution in [0, 0.1) is 5.92 Å². The Kier molecular flexibility index (Phi) is 6.79. The summed E-state index contributed by atoms with van der Waals surface area (Å²) in [6.07, 6.45) is -1.17. The van der Waals surface area contributed by atoms with Crippen LogP contribution in [0.25, 0.3) is 0 Å². The first-order chi connectivity index (χ1) is 9.32. The number of alkyl halides is 3. The largest absolute Gasteiger partial charge is 0.391 e. The van der Waals surface area contributed by atoms with Crippen LogP contribution in [0.2, 0.25) is 0 Å². The van der Waals surface area contributed by atoms with E-state index in [1.54, 1.807) is 0 Å². The summed E-state index contributed by atoms with van der Waals surface area (Å²) in [6, 6.07) is 0.0264. The summed E-state index contributed by atoms with van der Waals surface area (Å²) in [4.78, 5) is 11.5. The molecule has 1 rings (SSSR count). The quantitative estimate of drug-likeness (QED) is 0.790. The van der Waals surface area contributed by atoms with E-state index in [4.69, 9.17) is 0 Å². The monoisotopic (exact) mass is 294 g/mol. The highest BCUT2D eigenvalue weighted by molar-refractivity contribution is 5.76. The van der Waals surface area contributed by atoms with Crippen molar-refractivity contribution in [2.45, 2.75) is 70.6 Å². The molecule has 0 heterocycles. The Bertz CT molecular complexity index is 307. The Hall–Kier alpha value is -0.780. The van der Waals surface area contributed by atoms with Crippen molar-refractivity contribution in [3.05, 3.63) is 0 Å². The fourth-order valence-electron chi connectivity index (χ4n) is 2.51. The molecule has 118 valence electrons. The third-order valence-electron chi connectivity index (χ3n) is 3.94. The average molecular weight is 294 g/mol. The summed E-state index contributed by atoms with van der Waals surface area (Å²) in [5.41, 5.74) is 0. The van der Waals surface area contributed by atoms with Gasteiger partial charge in [0.1, 0.15) is 0 Å². The van der Waals surface area contributed by atoms with Gasteiger partial charge in [0, 0.05) is 25.0 Å². The van der Waals surface area contributed by atoms with Gasteiger partial charge in [-0.2, -0.15) is 13.2 Å². The molecule has 0 aliphatic heterocycles. The number of amides is 1. The van der Waals surface area contributed by atoms with Crippen LogP contribution in [0.15, 0.2) is 0 Å². The molecule has 0 radical (unpaired) electrons. The van der Waals surface area contributed by atoms with Crippen molar-refractivity contribution >= 4 is 5.91 Å². The van der Waals surface area contributed by atoms with Crippen molar-refractivity contribution in [3.63, 3.8) is 0 Å². The molecule has 0 aromatic rings. The van der Waals surface area contributed by atoms with E-state index in [2.05, 4.69) is 10.6 Å². The standard InChI is InChI=1S/C14H25F3N2O/c1-3-10(2)19-13(20)7-8-18-12-6-4-5-11(9-12)14(15,16)17/h10-12,18H,3-9H2,1-2H3,(H,19,20). The molecule has 1 fully saturated rings. The van der Waals surface area contributed by atoms with Gasteiger partial charge in [-0.15, -0.1) is 0 Å². The van der Waals surface area contributed by atoms with E-state index in [0.717, 1.165) is 12.8 Å². The van der Waals surface area contributed by atoms with Gasteiger partial charge in [0.25, 0.3) is 0 Å². The normalized spacial score (nSPS) is 25.2. The van der Waals surface area contributed by atoms with Gasteiger partial charge in [0.2, 0.25) is 5.91 Å². The number of hydrogen-bond donors (Lipinski definition) is 2. The third-order valence-corrected chi connectivity index (χ3v) is 3.94. The van der Waals surface area contributed by atoms with Gasteiger partial charge >= 0.3 is 6.18 Å². The number of hydrogen-bond acceptors (Lipinski definition) is 2. The van der Waals surface area contributed by atoms with Crippen LogP contribution in [0.5, 0.6) is 0 Å². The van der Waals surface area contributed by atoms with Crippen molar-refractivity contribution in [2.75, 3.05) is 6.54 Å². The lowest BCUT2D eigenvalue weighted by Crippen LogP contribution is -2.40. The van der Waals surface area contributed by atoms with E-state index in [9.17, 15) is 18.0 Å². The summed E-state index contributed by atoms with van der Waals surface area (Å²) >= 11 is 0. The molecule has 6 heteroatoms. The maximum Gasteiger partial charge on any atom is 0.391 e. The molecule has 2 N–H and O–H groups in total. The first-order valence-electron chi connectivity index (χ1n) is 7.42. The first-order valence-corrected chi connectivity index (χ1v) is 7.42. The molecule has 20 heavy (non-hydrogen) atoms. The number of nitrogens with one attached hydrogen (secondary N) is 2. The van der Waals surface area contributed by atoms with E-state index in [1.807, 2.05) is 13.8 Å². The lowest BCUT2D eigenvalue weighted by molar-refractivity contribution is -0.183. The van der Waals surface area contributed by atoms with Crippen LogP contribution in [0.3, 0.4) is 0 Å². The fraction of sp³-hybridized carbons (Fsp3) is 0.929. The number of carbonyl (C=O) groups excluding carboxylic acids is 1. The summed E-state index contributed by atoms with van der Waals surface area (Å²) < 4.78 is 38.0. The minimum Gasteiger partial charge on any atom is -0.354 e. The van der Waals surface area contributed by atoms with Gasteiger partial charge in [0.05, 0.1) is 5.92 Å². The second-order valence-corrected chi connectivity index (χ2v) is 5.68. The Morgan fingerprint density at radius 2 is 2.05 bits per heavy atom. The number of halogens is 3. The van der Waals surface area contributed by atoms with Crippen LogP contribution in [-0.2, 0) is 4.79 Å². The van der Waals surface area contributed by atoms with Crippen molar-refractivity contribution in [3.8, 4) is 0 Å². The minimum atomic E-state index is -4.09. The van der Waals surface area contributed by atoms with Gasteiger partial charge in [-0.05, 0) is 32.6 Å². The fourth-order valence-corrected chi connectivity index (χ4v) is 2.51. The van der Waals surface area contributed by atoms with E-state index in [0.29, 0.717) is 19.4 Å². The van der Waals surface area contributed by atoms with Crippen LogP contribution in [-0.4, -0.2) is 30.7 Å². The summed E-state index contributed by atoms with van der Waals surface area (Å²) in [7, 11) is 0. The van der Waals surface area contributed by atoms with E-state index < -0.39 is 12.1 Å². The summed E-state index contributed by atoms with van der Waals surface area (Å²) in [6.45, 7) is 4.36. The highest BCUT2D eigenvalue weighted by Gasteiger charge is 2.41. The molecule has 0 aromatic heterocycles. The maximum absolute atomic E-state index is 12.7. The Morgan fingerprint density at radius 1 is 1.35 bits per heavy atom. The smallest absolute Gasteiger partial charge is 0.354 e. The topological polar surface area (TPSA) is 41.1 Å². The molecule has 3 unspecified atom stereocenters. The molecule has 3 nitrogen and oxygen atoms in total. The van der Waals surface area contributed by atoms with Crippen molar-refractivity contribution < 1.29 is 18.0 Å². The third kappa shape index (κ3) is 6.11. The zero-order chi connectivity index (χ0) is 15.2. The predicted molar refractivity (Wildman–Crippen MR) is 72.3 cm³/mol. The van der Waals surface area contributed by atoms with Gasteiger partial charge in [0.15, 0.2) is 0 Å². The van der Waals surface area contributed by atoms with Gasteiger partial charge < -0.3 is 10.6 Å². The second-order valence-electron chi connectivity index (χ2n) is 5.68. The molecular formula is C14H25F3N2O. The van der Waals surface area contributed by atoms with Gasteiger partial charge in [-0.25, -0.2) is 0 Å². The van der Waals surface area contributed by atoms with Crippen LogP contribution >= 0.6 is 0 Å². The number of rotatable bonds is 6. The zero-order valence-electron chi connectivity index (χ0n) is 12.2. The van der Waals surface area contributed by atoms with E-state index in [-0.39, 0.29) is 30.8 Å². The van der Waals surface area contributed by atoms with Crippen molar-refractivity contribution in [1.82, 2.24) is 10.6 Å². The molecule has 0 saturated heterocycles.